The van der Waals surface area contributed by atoms with Crippen LogP contribution in [0.25, 0.3) is 11.1 Å². The summed E-state index contributed by atoms with van der Waals surface area (Å²) in [5.74, 6) is 0.831. The van der Waals surface area contributed by atoms with Gasteiger partial charge in [0.1, 0.15) is 24.0 Å². The molecule has 296 valence electrons. The lowest BCUT2D eigenvalue weighted by Gasteiger charge is -2.62. The number of rotatable bonds is 9. The number of alkyl carbamates (subject to hydrolysis) is 1. The summed E-state index contributed by atoms with van der Waals surface area (Å²) in [6.45, 7) is 9.89. The zero-order valence-electron chi connectivity index (χ0n) is 33.5. The lowest BCUT2D eigenvalue weighted by atomic mass is 9.45. The number of likely N-dealkylation sites (N-methyl/N-ethyl adjacent to an activating group) is 1. The van der Waals surface area contributed by atoms with Gasteiger partial charge in [-0.15, -0.1) is 5.59 Å². The number of carbonyl (C=O) groups excluding carboxylic acids is 3. The minimum Gasteiger partial charge on any atom is -0.496 e. The monoisotopic (exact) mass is 749 g/mol. The quantitative estimate of drug-likeness (QED) is 0.344. The molecule has 2 aliphatic heterocycles. The number of ether oxygens (including phenoxy) is 2. The first-order valence-electron chi connectivity index (χ1n) is 19.1. The van der Waals surface area contributed by atoms with Gasteiger partial charge in [-0.05, 0) is 80.8 Å². The van der Waals surface area contributed by atoms with Crippen molar-refractivity contribution in [1.29, 1.82) is 0 Å². The maximum Gasteiger partial charge on any atom is 0.407 e. The molecular weight excluding hydrogens is 690 g/mol. The molecule has 1 unspecified atom stereocenters. The number of carbonyl (C=O) groups is 3. The van der Waals surface area contributed by atoms with Gasteiger partial charge in [0, 0.05) is 62.7 Å². The van der Waals surface area contributed by atoms with Crippen LogP contribution in [0.5, 0.6) is 5.75 Å². The van der Waals surface area contributed by atoms with Gasteiger partial charge in [-0.25, -0.2) is 4.79 Å². The van der Waals surface area contributed by atoms with Crippen molar-refractivity contribution in [2.45, 2.75) is 71.4 Å². The first-order chi connectivity index (χ1) is 25.6. The number of hydrazine groups is 1. The molecule has 2 aromatic carbocycles. The molecule has 2 aromatic rings. The van der Waals surface area contributed by atoms with Gasteiger partial charge >= 0.3 is 6.09 Å². The Labute approximate surface area is 319 Å². The van der Waals surface area contributed by atoms with Gasteiger partial charge in [-0.3, -0.25) is 24.3 Å². The zero-order valence-corrected chi connectivity index (χ0v) is 33.5. The second kappa shape index (κ2) is 16.0. The lowest BCUT2D eigenvalue weighted by molar-refractivity contribution is -0.197. The van der Waals surface area contributed by atoms with Gasteiger partial charge in [0.15, 0.2) is 0 Å². The highest BCUT2D eigenvalue weighted by Gasteiger charge is 2.58. The van der Waals surface area contributed by atoms with Crippen LogP contribution < -0.4 is 25.9 Å². The molecule has 0 spiro atoms. The van der Waals surface area contributed by atoms with Crippen molar-refractivity contribution in [3.05, 3.63) is 47.5 Å². The highest BCUT2D eigenvalue weighted by molar-refractivity contribution is 5.96. The summed E-state index contributed by atoms with van der Waals surface area (Å²) in [4.78, 5) is 58.2. The van der Waals surface area contributed by atoms with Crippen LogP contribution in [-0.4, -0.2) is 119 Å². The van der Waals surface area contributed by atoms with E-state index in [4.69, 9.17) is 19.1 Å². The molecule has 2 heterocycles. The van der Waals surface area contributed by atoms with E-state index in [0.717, 1.165) is 28.8 Å². The van der Waals surface area contributed by atoms with E-state index in [1.54, 1.807) is 26.1 Å². The van der Waals surface area contributed by atoms with Crippen molar-refractivity contribution in [3.63, 3.8) is 0 Å². The average Bonchev–Trinajstić information content (AvgIpc) is 3.48. The molecule has 54 heavy (non-hydrogen) atoms. The van der Waals surface area contributed by atoms with E-state index in [1.165, 1.54) is 11.4 Å². The number of hydrogen-bond acceptors (Lipinski definition) is 11. The molecular formula is C40H59N7O7. The van der Waals surface area contributed by atoms with E-state index in [2.05, 4.69) is 37.0 Å². The summed E-state index contributed by atoms with van der Waals surface area (Å²) in [7, 11) is 10.9. The Bertz CT molecular complexity index is 1700. The lowest BCUT2D eigenvalue weighted by Crippen LogP contribution is -2.62. The average molecular weight is 750 g/mol. The van der Waals surface area contributed by atoms with Crippen molar-refractivity contribution >= 4 is 23.6 Å². The first-order valence-corrected chi connectivity index (χ1v) is 19.1. The number of methoxy groups -OCH3 is 1. The third-order valence-corrected chi connectivity index (χ3v) is 12.4. The summed E-state index contributed by atoms with van der Waals surface area (Å²) in [6.07, 6.45) is 0.0239. The van der Waals surface area contributed by atoms with Crippen LogP contribution in [0, 0.1) is 29.1 Å². The van der Waals surface area contributed by atoms with Gasteiger partial charge in [-0.2, -0.15) is 5.06 Å². The zero-order chi connectivity index (χ0) is 39.1. The molecule has 14 nitrogen and oxygen atoms in total. The molecule has 14 heteroatoms. The van der Waals surface area contributed by atoms with E-state index < -0.39 is 30.3 Å². The Morgan fingerprint density at radius 1 is 1.11 bits per heavy atom. The SMILES string of the molecule is COc1c2cccc1-c1cc(cc(N(C)C)c1)C(=O)N(C)NOC[C@@H]1ON(C2)[C@H](C(=O)N[C@H]2C[C@H]3C[C@@H]([C@@H]2C)C3(C)C)[C@@H]1[C@H](C)OC(=O)NCCN(C)C. The topological polar surface area (TPSA) is 137 Å². The van der Waals surface area contributed by atoms with Crippen LogP contribution in [0.2, 0.25) is 0 Å². The molecule has 8 bridgehead atoms. The van der Waals surface area contributed by atoms with Gasteiger partial charge in [0.05, 0.1) is 26.2 Å². The fourth-order valence-corrected chi connectivity index (χ4v) is 9.07. The molecule has 0 aromatic heterocycles. The molecule has 5 aliphatic rings. The Morgan fingerprint density at radius 3 is 2.52 bits per heavy atom. The third kappa shape index (κ3) is 7.90. The Morgan fingerprint density at radius 2 is 1.85 bits per heavy atom. The minimum atomic E-state index is -0.856. The van der Waals surface area contributed by atoms with Crippen LogP contribution in [0.4, 0.5) is 10.5 Å². The highest BCUT2D eigenvalue weighted by atomic mass is 16.7. The van der Waals surface area contributed by atoms with Crippen molar-refractivity contribution < 1.29 is 33.5 Å². The molecule has 4 fully saturated rings. The summed E-state index contributed by atoms with van der Waals surface area (Å²) < 4.78 is 12.1. The summed E-state index contributed by atoms with van der Waals surface area (Å²) in [5, 5.41) is 9.21. The summed E-state index contributed by atoms with van der Waals surface area (Å²) in [5.41, 5.74) is 6.67. The number of nitrogens with one attached hydrogen (secondary N) is 3. The van der Waals surface area contributed by atoms with Gasteiger partial charge in [0.25, 0.3) is 5.91 Å². The van der Waals surface area contributed by atoms with Crippen molar-refractivity contribution in [3.8, 4) is 16.9 Å². The molecule has 7 rings (SSSR count). The standard InChI is InChI=1S/C40H59N7O7/c1-23-31-19-28(40(31,3)4)20-32(23)42-37(48)35-34(24(2)53-39(50)41-14-15-44(5)6)33-22-52-43-46(9)38(49)27-16-26(17-29(18-27)45(7)8)30-13-11-12-25(36(30)51-10)21-47(35)54-33/h11-13,16-18,23-24,28,31-35,43H,14-15,19-22H2,1-10H3,(H,41,50)(H,42,48)/t23-,24-,28+,31-,32-,33-,34+,35-/m0/s1. The Hall–Kier alpha value is -3.95. The second-order valence-electron chi connectivity index (χ2n) is 16.6. The molecule has 3 N–H and O–H groups in total. The second-order valence-corrected chi connectivity index (χ2v) is 16.6. The molecule has 3 saturated carbocycles. The molecule has 1 saturated heterocycles. The van der Waals surface area contributed by atoms with Crippen LogP contribution >= 0.6 is 0 Å². The number of para-hydroxylation sites is 1. The third-order valence-electron chi connectivity index (χ3n) is 12.4. The maximum atomic E-state index is 14.8. The maximum absolute atomic E-state index is 14.8. The Kier molecular flexibility index (Phi) is 11.8. The van der Waals surface area contributed by atoms with Gasteiger partial charge < -0.3 is 29.9 Å². The number of amides is 3. The number of nitrogens with zero attached hydrogens (tertiary/aromatic N) is 4. The van der Waals surface area contributed by atoms with Crippen LogP contribution in [-0.2, 0) is 25.8 Å². The van der Waals surface area contributed by atoms with E-state index in [1.807, 2.05) is 74.4 Å². The van der Waals surface area contributed by atoms with E-state index >= 15 is 0 Å². The molecule has 3 aliphatic carbocycles. The molecule has 9 atom stereocenters. The minimum absolute atomic E-state index is 0.00727. The predicted molar refractivity (Wildman–Crippen MR) is 205 cm³/mol. The number of anilines is 1. The number of fused-ring (bicyclic) bond motifs is 9. The van der Waals surface area contributed by atoms with Gasteiger partial charge in [-0.1, -0.05) is 39.0 Å². The van der Waals surface area contributed by atoms with Crippen molar-refractivity contribution in [2.24, 2.45) is 29.1 Å². The van der Waals surface area contributed by atoms with Crippen LogP contribution in [0.3, 0.4) is 0 Å². The number of benzene rings is 2. The highest BCUT2D eigenvalue weighted by Crippen LogP contribution is 2.61. The van der Waals surface area contributed by atoms with Crippen LogP contribution in [0.15, 0.2) is 36.4 Å². The largest absolute Gasteiger partial charge is 0.496 e. The molecule has 3 amide bonds. The van der Waals surface area contributed by atoms with Crippen LogP contribution in [0.1, 0.15) is 56.5 Å². The van der Waals surface area contributed by atoms with E-state index in [0.29, 0.717) is 42.2 Å². The normalized spacial score (nSPS) is 29.3. The first kappa shape index (κ1) is 39.7. The fourth-order valence-electron chi connectivity index (χ4n) is 9.07. The summed E-state index contributed by atoms with van der Waals surface area (Å²) in [6, 6.07) is 10.7. The van der Waals surface area contributed by atoms with E-state index in [9.17, 15) is 14.4 Å². The fraction of sp³-hybridized carbons (Fsp3) is 0.625. The number of hydroxylamine groups is 2. The summed E-state index contributed by atoms with van der Waals surface area (Å²) >= 11 is 0. The predicted octanol–water partition coefficient (Wildman–Crippen LogP) is 3.91. The van der Waals surface area contributed by atoms with Crippen molar-refractivity contribution in [1.82, 2.24) is 31.2 Å². The smallest absolute Gasteiger partial charge is 0.407 e. The Balaban J connectivity index is 1.38. The van der Waals surface area contributed by atoms with Crippen molar-refractivity contribution in [2.75, 3.05) is 66.9 Å². The van der Waals surface area contributed by atoms with E-state index in [-0.39, 0.29) is 36.4 Å². The number of hydrogen-bond donors (Lipinski definition) is 3. The molecule has 0 radical (unpaired) electrons. The van der Waals surface area contributed by atoms with Gasteiger partial charge in [0.2, 0.25) is 5.91 Å².